The first-order chi connectivity index (χ1) is 47.0. The number of aryl methyl sites for hydroxylation is 4. The second kappa shape index (κ2) is 35.9. The number of para-hydroxylation sites is 1. The zero-order valence-electron chi connectivity index (χ0n) is 58.7. The first-order valence-electron chi connectivity index (χ1n) is 35.8. The monoisotopic (exact) mass is 1300 g/mol. The smallest absolute Gasteiger partial charge is 0.127 e. The van der Waals surface area contributed by atoms with Gasteiger partial charge in [-0.1, -0.05) is 246 Å². The highest BCUT2D eigenvalue weighted by molar-refractivity contribution is 7.38. The third kappa shape index (κ3) is 18.4. The van der Waals surface area contributed by atoms with Crippen molar-refractivity contribution in [1.82, 2.24) is 0 Å². The molecule has 15 rings (SSSR count). The molecule has 1 N–H and O–H groups in total. The Labute approximate surface area is 581 Å². The summed E-state index contributed by atoms with van der Waals surface area (Å²) < 4.78 is 6.20. The van der Waals surface area contributed by atoms with Crippen molar-refractivity contribution in [1.29, 1.82) is 0 Å². The Morgan fingerprint density at radius 2 is 1.28 bits per heavy atom. The molecule has 7 aromatic rings. The zero-order chi connectivity index (χ0) is 67.2. The van der Waals surface area contributed by atoms with Gasteiger partial charge in [-0.05, 0) is 283 Å². The zero-order valence-corrected chi connectivity index (χ0v) is 60.7. The average molecular weight is 1300 g/mol. The molecule has 0 aliphatic heterocycles. The third-order valence-electron chi connectivity index (χ3n) is 19.8. The molecule has 0 spiro atoms. The summed E-state index contributed by atoms with van der Waals surface area (Å²) >= 11 is 0. The summed E-state index contributed by atoms with van der Waals surface area (Å²) in [6.07, 6.45) is 53.2. The molecule has 0 bridgehead atoms. The van der Waals surface area contributed by atoms with Crippen LogP contribution < -0.4 is 4.74 Å². The van der Waals surface area contributed by atoms with E-state index in [0.717, 1.165) is 65.7 Å². The van der Waals surface area contributed by atoms with Crippen molar-refractivity contribution in [3.63, 3.8) is 0 Å². The normalized spacial score (nSPS) is 18.3. The molecule has 6 atom stereocenters. The van der Waals surface area contributed by atoms with Gasteiger partial charge in [-0.15, -0.1) is 17.2 Å². The largest absolute Gasteiger partial charge is 0.508 e. The lowest BCUT2D eigenvalue weighted by Gasteiger charge is -2.36. The van der Waals surface area contributed by atoms with Crippen LogP contribution >= 0.6 is 17.2 Å². The van der Waals surface area contributed by atoms with Gasteiger partial charge in [0.1, 0.15) is 17.3 Å². The highest BCUT2D eigenvalue weighted by Gasteiger charge is 2.35. The molecular weight excluding hydrogens is 1200 g/mol. The quantitative estimate of drug-likeness (QED) is 0.110. The standard InChI is InChI=1S/C50H35O.C11H14O.C11H14.C8H10.C7H17P.C5H13P/c1-2-19-41(20-3-1)51-42-29-27-36(28-30-42)46-32-40-12-5-7-22-44(40)50(48(46)38-17-10-18-38)49-43-21-6-4-11-39(43)31-45(47(49)37-15-9-16-37)35-25-23-34(24-26-35)33-13-8-14-33;12-11-8-4-2-6-9-5-1-3-7-10(9)11;1-9-5-4-7-10-6-2-3-8-11(9)10;1-7-4-3-5-8(2)6-7;1-4-6-7(5-2)8-3;1-4-5(2)6-3/h1-20,22-33,43H,21H2;4,6,8,12H,1-3,5,7H2;4-5,7H,2-3,6,8H2,1H3;3-6H,1-2H3;7-8H,4-6H2,1-3H3;5-6H,4H2,1-3H3. The number of benzene rings is 7. The Bertz CT molecular complexity index is 4140. The van der Waals surface area contributed by atoms with Crippen molar-refractivity contribution < 1.29 is 9.84 Å². The summed E-state index contributed by atoms with van der Waals surface area (Å²) in [5.74, 6) is 2.81. The van der Waals surface area contributed by atoms with E-state index in [9.17, 15) is 5.11 Å². The van der Waals surface area contributed by atoms with E-state index in [0.29, 0.717) is 11.7 Å². The number of allylic oxidation sites excluding steroid dienone is 23. The number of hydrogen-bond donors (Lipinski definition) is 1. The number of aliphatic hydroxyl groups is 1. The lowest BCUT2D eigenvalue weighted by molar-refractivity contribution is 0.420. The van der Waals surface area contributed by atoms with E-state index in [2.05, 4.69) is 269 Å². The molecule has 7 aromatic carbocycles. The van der Waals surface area contributed by atoms with Crippen LogP contribution in [0.1, 0.15) is 161 Å². The van der Waals surface area contributed by atoms with Crippen LogP contribution in [-0.2, 0) is 12.8 Å². The number of fused-ring (bicyclic) bond motifs is 4. The van der Waals surface area contributed by atoms with E-state index >= 15 is 0 Å². The van der Waals surface area contributed by atoms with Gasteiger partial charge in [0.05, 0.1) is 0 Å². The second-order valence-corrected chi connectivity index (χ2v) is 29.5. The van der Waals surface area contributed by atoms with E-state index in [1.54, 1.807) is 11.1 Å². The van der Waals surface area contributed by atoms with Crippen molar-refractivity contribution in [2.45, 2.75) is 156 Å². The van der Waals surface area contributed by atoms with Gasteiger partial charge in [0.15, 0.2) is 0 Å². The van der Waals surface area contributed by atoms with E-state index in [-0.39, 0.29) is 5.92 Å². The molecule has 4 heteroatoms. The van der Waals surface area contributed by atoms with Crippen LogP contribution in [-0.4, -0.2) is 29.8 Å². The van der Waals surface area contributed by atoms with Crippen LogP contribution in [0.4, 0.5) is 0 Å². The van der Waals surface area contributed by atoms with E-state index < -0.39 is 0 Å². The fourth-order valence-corrected chi connectivity index (χ4v) is 15.2. The maximum Gasteiger partial charge on any atom is 0.127 e. The van der Waals surface area contributed by atoms with Gasteiger partial charge in [0.2, 0.25) is 0 Å². The van der Waals surface area contributed by atoms with Gasteiger partial charge in [-0.2, -0.15) is 0 Å². The Hall–Kier alpha value is -7.86. The van der Waals surface area contributed by atoms with E-state index in [4.69, 9.17) is 4.74 Å². The van der Waals surface area contributed by atoms with Crippen LogP contribution in [0.5, 0.6) is 11.5 Å². The van der Waals surface area contributed by atoms with Gasteiger partial charge in [0.25, 0.3) is 0 Å². The molecule has 1 radical (unpaired) electrons. The van der Waals surface area contributed by atoms with Gasteiger partial charge in [0, 0.05) is 11.8 Å². The van der Waals surface area contributed by atoms with E-state index in [1.165, 1.54) is 170 Å². The molecule has 0 heterocycles. The number of rotatable bonds is 14. The number of ether oxygens (including phenoxy) is 1. The van der Waals surface area contributed by atoms with Crippen molar-refractivity contribution in [3.8, 4) is 22.6 Å². The summed E-state index contributed by atoms with van der Waals surface area (Å²) in [5, 5.41) is 12.2. The highest BCUT2D eigenvalue weighted by atomic mass is 31.1. The summed E-state index contributed by atoms with van der Waals surface area (Å²) in [4.78, 5) is 0. The molecule has 0 amide bonds. The minimum Gasteiger partial charge on any atom is -0.508 e. The van der Waals surface area contributed by atoms with Crippen molar-refractivity contribution in [2.24, 2.45) is 5.92 Å². The van der Waals surface area contributed by atoms with Gasteiger partial charge < -0.3 is 9.84 Å². The maximum absolute atomic E-state index is 9.64. The minimum absolute atomic E-state index is 0.237. The topological polar surface area (TPSA) is 29.5 Å². The van der Waals surface area contributed by atoms with Crippen LogP contribution in [0.3, 0.4) is 0 Å². The molecule has 2 nitrogen and oxygen atoms in total. The molecular formula is C92H103O2P2. The third-order valence-corrected chi connectivity index (χ3v) is 22.7. The second-order valence-electron chi connectivity index (χ2n) is 26.5. The fourth-order valence-electron chi connectivity index (χ4n) is 13.8. The van der Waals surface area contributed by atoms with Crippen molar-refractivity contribution in [2.75, 3.05) is 13.3 Å². The lowest BCUT2D eigenvalue weighted by Crippen LogP contribution is -2.18. The van der Waals surface area contributed by atoms with Crippen LogP contribution in [0.25, 0.3) is 38.6 Å². The Kier molecular flexibility index (Phi) is 26.5. The summed E-state index contributed by atoms with van der Waals surface area (Å²) in [7, 11) is 2.29. The molecule has 8 aliphatic rings. The molecule has 96 heavy (non-hydrogen) atoms. The SMILES string of the molecule is CCC(C)PC.CCCC(CC)PC.Cc1cccc(C)c1.Cc1cccc2c1CCCC2.OC1=C2CCCCC2=CCC=C1.[CH]1C=CC1c1ccc(C2=CC3=CC=CCC3C(c3c(C4=CC=C4)c(-c4ccc(Oc5ccccc5)cc4)cc4ccccc34)=C2C2=CC=C2)cc1. The molecule has 0 saturated heterocycles. The van der Waals surface area contributed by atoms with Gasteiger partial charge in [-0.3, -0.25) is 0 Å². The lowest BCUT2D eigenvalue weighted by atomic mass is 9.67. The maximum atomic E-state index is 9.64. The molecule has 8 aliphatic carbocycles. The molecule has 0 aromatic heterocycles. The predicted octanol–water partition coefficient (Wildman–Crippen LogP) is 26.4. The fraction of sp³-hybridized carbons (Fsp3) is 0.293. The summed E-state index contributed by atoms with van der Waals surface area (Å²) in [6.45, 7) is 20.1. The first kappa shape index (κ1) is 70.9. The van der Waals surface area contributed by atoms with Gasteiger partial charge in [-0.25, -0.2) is 0 Å². The van der Waals surface area contributed by atoms with Crippen molar-refractivity contribution >= 4 is 44.7 Å². The predicted molar refractivity (Wildman–Crippen MR) is 424 cm³/mol. The van der Waals surface area contributed by atoms with Crippen LogP contribution in [0.15, 0.2) is 276 Å². The van der Waals surface area contributed by atoms with Crippen LogP contribution in [0.2, 0.25) is 0 Å². The van der Waals surface area contributed by atoms with Crippen molar-refractivity contribution in [3.05, 3.63) is 333 Å². The highest BCUT2D eigenvalue weighted by Crippen LogP contribution is 2.54. The number of aliphatic hydroxyl groups excluding tert-OH is 1. The van der Waals surface area contributed by atoms with E-state index in [1.807, 2.05) is 42.5 Å². The average Bonchev–Trinajstić information content (AvgIpc) is 0.724. The Morgan fingerprint density at radius 3 is 1.90 bits per heavy atom. The minimum atomic E-state index is 0.237. The molecule has 1 saturated carbocycles. The number of hydrogen-bond acceptors (Lipinski definition) is 2. The van der Waals surface area contributed by atoms with Crippen LogP contribution in [0, 0.1) is 33.1 Å². The Balaban J connectivity index is 0.000000177. The first-order valence-corrected chi connectivity index (χ1v) is 39.0. The summed E-state index contributed by atoms with van der Waals surface area (Å²) in [6, 6.07) is 54.3. The molecule has 493 valence electrons. The molecule has 6 unspecified atom stereocenters. The summed E-state index contributed by atoms with van der Waals surface area (Å²) in [5.41, 5.74) is 27.6. The molecule has 1 fully saturated rings. The Morgan fingerprint density at radius 1 is 0.604 bits per heavy atom. The van der Waals surface area contributed by atoms with Gasteiger partial charge >= 0.3 is 0 Å².